The number of likely N-dealkylation sites (tertiary alicyclic amines) is 1. The molecule has 0 aromatic carbocycles. The highest BCUT2D eigenvalue weighted by Crippen LogP contribution is 2.40. The molecule has 114 valence electrons. The number of alkyl halides is 3. The molecule has 1 amide bonds. The molecular formula is C13H18F3NO3. The van der Waals surface area contributed by atoms with Crippen LogP contribution in [0.3, 0.4) is 0 Å². The predicted octanol–water partition coefficient (Wildman–Crippen LogP) is 2.43. The van der Waals surface area contributed by atoms with Crippen LogP contribution >= 0.6 is 0 Å². The van der Waals surface area contributed by atoms with Crippen molar-refractivity contribution < 1.29 is 27.9 Å². The summed E-state index contributed by atoms with van der Waals surface area (Å²) in [6.07, 6.45) is -2.79. The summed E-state index contributed by atoms with van der Waals surface area (Å²) in [4.78, 5) is 24.6. The van der Waals surface area contributed by atoms with Crippen LogP contribution in [0.15, 0.2) is 0 Å². The first kappa shape index (κ1) is 15.1. The molecule has 1 aliphatic heterocycles. The first-order valence-corrected chi connectivity index (χ1v) is 6.90. The highest BCUT2D eigenvalue weighted by Gasteiger charge is 2.44. The zero-order valence-corrected chi connectivity index (χ0v) is 11.0. The highest BCUT2D eigenvalue weighted by atomic mass is 19.4. The van der Waals surface area contributed by atoms with Gasteiger partial charge in [-0.2, -0.15) is 13.2 Å². The number of amides is 1. The number of carboxylic acid groups (broad SMARTS) is 1. The van der Waals surface area contributed by atoms with Gasteiger partial charge in [0, 0.05) is 12.5 Å². The van der Waals surface area contributed by atoms with Gasteiger partial charge in [-0.05, 0) is 38.5 Å². The molecule has 0 aromatic rings. The molecule has 2 aliphatic rings. The second kappa shape index (κ2) is 5.61. The lowest BCUT2D eigenvalue weighted by Gasteiger charge is -2.32. The number of aliphatic carboxylic acids is 1. The zero-order valence-electron chi connectivity index (χ0n) is 11.0. The van der Waals surface area contributed by atoms with Crippen LogP contribution in [-0.4, -0.2) is 40.6 Å². The molecule has 1 heterocycles. The SMILES string of the molecule is O=C(O)[C@H]1CCCN1C(=O)C1CCC(C(F)(F)F)CC1. The van der Waals surface area contributed by atoms with Gasteiger partial charge in [-0.1, -0.05) is 0 Å². The largest absolute Gasteiger partial charge is 0.480 e. The average Bonchev–Trinajstić information content (AvgIpc) is 2.86. The normalized spacial score (nSPS) is 31.4. The van der Waals surface area contributed by atoms with Crippen LogP contribution in [0.25, 0.3) is 0 Å². The molecule has 0 aromatic heterocycles. The summed E-state index contributed by atoms with van der Waals surface area (Å²) in [5.74, 6) is -3.08. The van der Waals surface area contributed by atoms with Crippen molar-refractivity contribution in [2.75, 3.05) is 6.54 Å². The monoisotopic (exact) mass is 293 g/mol. The number of hydrogen-bond acceptors (Lipinski definition) is 2. The maximum atomic E-state index is 12.6. The molecule has 1 N–H and O–H groups in total. The molecule has 1 saturated carbocycles. The van der Waals surface area contributed by atoms with E-state index in [1.807, 2.05) is 0 Å². The van der Waals surface area contributed by atoms with E-state index in [0.29, 0.717) is 19.4 Å². The molecule has 20 heavy (non-hydrogen) atoms. The van der Waals surface area contributed by atoms with Gasteiger partial charge in [0.1, 0.15) is 6.04 Å². The zero-order chi connectivity index (χ0) is 14.9. The Balaban J connectivity index is 1.93. The molecule has 1 aliphatic carbocycles. The van der Waals surface area contributed by atoms with Crippen molar-refractivity contribution in [1.29, 1.82) is 0 Å². The minimum absolute atomic E-state index is 0.0362. The number of carboxylic acids is 1. The summed E-state index contributed by atoms with van der Waals surface area (Å²) in [7, 11) is 0. The van der Waals surface area contributed by atoms with E-state index in [4.69, 9.17) is 5.11 Å². The van der Waals surface area contributed by atoms with E-state index in [-0.39, 0.29) is 31.6 Å². The summed E-state index contributed by atoms with van der Waals surface area (Å²) in [6, 6.07) is -0.803. The molecule has 0 spiro atoms. The van der Waals surface area contributed by atoms with Crippen molar-refractivity contribution in [3.63, 3.8) is 0 Å². The van der Waals surface area contributed by atoms with Gasteiger partial charge in [-0.15, -0.1) is 0 Å². The van der Waals surface area contributed by atoms with Gasteiger partial charge in [0.25, 0.3) is 0 Å². The second-order valence-electron chi connectivity index (χ2n) is 5.62. The molecule has 2 fully saturated rings. The van der Waals surface area contributed by atoms with Crippen LogP contribution in [0.2, 0.25) is 0 Å². The van der Waals surface area contributed by atoms with Crippen molar-refractivity contribution in [2.45, 2.75) is 50.7 Å². The summed E-state index contributed by atoms with van der Waals surface area (Å²) < 4.78 is 37.7. The highest BCUT2D eigenvalue weighted by molar-refractivity contribution is 5.85. The smallest absolute Gasteiger partial charge is 0.391 e. The van der Waals surface area contributed by atoms with Crippen molar-refractivity contribution in [2.24, 2.45) is 11.8 Å². The molecule has 0 bridgehead atoms. The Morgan fingerprint density at radius 1 is 1.05 bits per heavy atom. The number of halogens is 3. The fourth-order valence-corrected chi connectivity index (χ4v) is 3.19. The maximum absolute atomic E-state index is 12.6. The van der Waals surface area contributed by atoms with Gasteiger partial charge in [0.05, 0.1) is 5.92 Å². The van der Waals surface area contributed by atoms with E-state index in [9.17, 15) is 22.8 Å². The van der Waals surface area contributed by atoms with Crippen molar-refractivity contribution in [3.05, 3.63) is 0 Å². The average molecular weight is 293 g/mol. The minimum atomic E-state index is -4.19. The van der Waals surface area contributed by atoms with Crippen LogP contribution in [0.5, 0.6) is 0 Å². The van der Waals surface area contributed by atoms with E-state index < -0.39 is 30.0 Å². The van der Waals surface area contributed by atoms with E-state index in [2.05, 4.69) is 0 Å². The lowest BCUT2D eigenvalue weighted by Crippen LogP contribution is -2.44. The Morgan fingerprint density at radius 3 is 2.15 bits per heavy atom. The fraction of sp³-hybridized carbons (Fsp3) is 0.846. The minimum Gasteiger partial charge on any atom is -0.480 e. The Kier molecular flexibility index (Phi) is 4.25. The summed E-state index contributed by atoms with van der Waals surface area (Å²) in [6.45, 7) is 0.398. The standard InChI is InChI=1S/C13H18F3NO3/c14-13(15,16)9-5-3-8(4-6-9)11(18)17-7-1-2-10(17)12(19)20/h8-10H,1-7H2,(H,19,20)/t8?,9?,10-/m1/s1. The van der Waals surface area contributed by atoms with E-state index in [0.717, 1.165) is 0 Å². The Morgan fingerprint density at radius 2 is 1.65 bits per heavy atom. The summed E-state index contributed by atoms with van der Waals surface area (Å²) in [5.41, 5.74) is 0. The van der Waals surface area contributed by atoms with Gasteiger partial charge in [0.15, 0.2) is 0 Å². The quantitative estimate of drug-likeness (QED) is 0.850. The third-order valence-electron chi connectivity index (χ3n) is 4.36. The van der Waals surface area contributed by atoms with Gasteiger partial charge >= 0.3 is 12.1 Å². The number of carbonyl (C=O) groups is 2. The molecule has 1 atom stereocenters. The van der Waals surface area contributed by atoms with Gasteiger partial charge in [0.2, 0.25) is 5.91 Å². The second-order valence-corrected chi connectivity index (χ2v) is 5.62. The Bertz CT molecular complexity index is 389. The van der Waals surface area contributed by atoms with Crippen LogP contribution < -0.4 is 0 Å². The molecule has 0 unspecified atom stereocenters. The van der Waals surface area contributed by atoms with Crippen LogP contribution in [0.1, 0.15) is 38.5 Å². The molecule has 2 rings (SSSR count). The first-order valence-electron chi connectivity index (χ1n) is 6.90. The predicted molar refractivity (Wildman–Crippen MR) is 63.9 cm³/mol. The maximum Gasteiger partial charge on any atom is 0.391 e. The van der Waals surface area contributed by atoms with Crippen LogP contribution in [-0.2, 0) is 9.59 Å². The first-order chi connectivity index (χ1) is 9.30. The molecular weight excluding hydrogens is 275 g/mol. The third kappa shape index (κ3) is 3.07. The summed E-state index contributed by atoms with van der Waals surface area (Å²) >= 11 is 0. The third-order valence-corrected chi connectivity index (χ3v) is 4.36. The molecule has 1 saturated heterocycles. The molecule has 0 radical (unpaired) electrons. The van der Waals surface area contributed by atoms with E-state index in [1.54, 1.807) is 0 Å². The van der Waals surface area contributed by atoms with Crippen LogP contribution in [0, 0.1) is 11.8 Å². The van der Waals surface area contributed by atoms with Crippen molar-refractivity contribution >= 4 is 11.9 Å². The van der Waals surface area contributed by atoms with Crippen molar-refractivity contribution in [1.82, 2.24) is 4.90 Å². The molecule has 4 nitrogen and oxygen atoms in total. The summed E-state index contributed by atoms with van der Waals surface area (Å²) in [5, 5.41) is 9.04. The Hall–Kier alpha value is -1.27. The number of rotatable bonds is 2. The van der Waals surface area contributed by atoms with Crippen molar-refractivity contribution in [3.8, 4) is 0 Å². The topological polar surface area (TPSA) is 57.6 Å². The van der Waals surface area contributed by atoms with Crippen LogP contribution in [0.4, 0.5) is 13.2 Å². The lowest BCUT2D eigenvalue weighted by molar-refractivity contribution is -0.185. The number of nitrogens with zero attached hydrogens (tertiary/aromatic N) is 1. The molecule has 7 heteroatoms. The van der Waals surface area contributed by atoms with E-state index in [1.165, 1.54) is 4.90 Å². The number of carbonyl (C=O) groups excluding carboxylic acids is 1. The Labute approximate surface area is 114 Å². The fourth-order valence-electron chi connectivity index (χ4n) is 3.19. The van der Waals surface area contributed by atoms with Gasteiger partial charge < -0.3 is 10.0 Å². The van der Waals surface area contributed by atoms with E-state index >= 15 is 0 Å². The van der Waals surface area contributed by atoms with Gasteiger partial charge in [-0.3, -0.25) is 4.79 Å². The lowest BCUT2D eigenvalue weighted by atomic mass is 9.81. The number of hydrogen-bond donors (Lipinski definition) is 1. The van der Waals surface area contributed by atoms with Gasteiger partial charge in [-0.25, -0.2) is 4.79 Å².